The van der Waals surface area contributed by atoms with E-state index in [9.17, 15) is 22.8 Å². The van der Waals surface area contributed by atoms with Crippen molar-refractivity contribution in [1.82, 2.24) is 20.3 Å². The lowest BCUT2D eigenvalue weighted by Gasteiger charge is -2.40. The van der Waals surface area contributed by atoms with Crippen LogP contribution in [0.2, 0.25) is 0 Å². The molecule has 2 rings (SSSR count). The number of hydrogen-bond donors (Lipinski definition) is 3. The highest BCUT2D eigenvalue weighted by Gasteiger charge is 2.41. The summed E-state index contributed by atoms with van der Waals surface area (Å²) in [5.74, 6) is -1.54. The lowest BCUT2D eigenvalue weighted by molar-refractivity contribution is -0.140. The summed E-state index contributed by atoms with van der Waals surface area (Å²) >= 11 is 0. The monoisotopic (exact) mass is 654 g/mol. The molecule has 0 saturated carbocycles. The van der Waals surface area contributed by atoms with Crippen molar-refractivity contribution in [2.75, 3.05) is 14.1 Å². The molecule has 0 aliphatic carbocycles. The number of amides is 3. The number of sulfonamides is 1. The number of benzene rings is 2. The number of carbonyl (C=O) groups is 3. The Kier molecular flexibility index (Phi) is 12.6. The van der Waals surface area contributed by atoms with E-state index >= 15 is 0 Å². The third kappa shape index (κ3) is 9.06. The minimum atomic E-state index is -4.14. The van der Waals surface area contributed by atoms with Crippen molar-refractivity contribution >= 4 is 27.7 Å². The van der Waals surface area contributed by atoms with Crippen molar-refractivity contribution in [3.05, 3.63) is 76.4 Å². The first kappa shape index (κ1) is 38.7. The molecule has 0 heterocycles. The van der Waals surface area contributed by atoms with Gasteiger partial charge in [-0.1, -0.05) is 103 Å². The first-order chi connectivity index (χ1) is 21.1. The fourth-order valence-electron chi connectivity index (χ4n) is 6.01. The van der Waals surface area contributed by atoms with E-state index in [1.165, 1.54) is 11.8 Å². The second kappa shape index (κ2) is 14.9. The number of carbonyl (C=O) groups excluding carboxylic acids is 3. The van der Waals surface area contributed by atoms with Crippen LogP contribution in [0.1, 0.15) is 77.6 Å². The van der Waals surface area contributed by atoms with Gasteiger partial charge in [-0.25, -0.2) is 13.1 Å². The topological polar surface area (TPSA) is 125 Å². The molecule has 2 aromatic rings. The van der Waals surface area contributed by atoms with Gasteiger partial charge in [0.15, 0.2) is 0 Å². The number of likely N-dealkylation sites (N-methyl/N-ethyl adjacent to an activating group) is 2. The predicted octanol–water partition coefficient (Wildman–Crippen LogP) is 4.94. The van der Waals surface area contributed by atoms with Gasteiger partial charge < -0.3 is 15.5 Å². The Morgan fingerprint density at radius 1 is 0.891 bits per heavy atom. The minimum Gasteiger partial charge on any atom is -0.342 e. The van der Waals surface area contributed by atoms with Crippen molar-refractivity contribution < 1.29 is 22.8 Å². The normalized spacial score (nSPS) is 14.8. The molecule has 9 nitrogen and oxygen atoms in total. The van der Waals surface area contributed by atoms with E-state index < -0.39 is 44.9 Å². The quantitative estimate of drug-likeness (QED) is 0.279. The van der Waals surface area contributed by atoms with Crippen LogP contribution >= 0.6 is 0 Å². The van der Waals surface area contributed by atoms with Gasteiger partial charge in [-0.15, -0.1) is 0 Å². The first-order valence-electron chi connectivity index (χ1n) is 15.7. The molecule has 0 bridgehead atoms. The molecule has 46 heavy (non-hydrogen) atoms. The summed E-state index contributed by atoms with van der Waals surface area (Å²) in [6, 6.07) is 11.2. The number of aryl methyl sites for hydroxylation is 3. The number of nitrogens with one attached hydrogen (secondary N) is 3. The van der Waals surface area contributed by atoms with Gasteiger partial charge in [-0.2, -0.15) is 0 Å². The van der Waals surface area contributed by atoms with Crippen LogP contribution in [-0.2, 0) is 29.8 Å². The van der Waals surface area contributed by atoms with Crippen molar-refractivity contribution in [3.8, 4) is 0 Å². The van der Waals surface area contributed by atoms with Crippen molar-refractivity contribution in [2.45, 2.75) is 105 Å². The zero-order valence-corrected chi connectivity index (χ0v) is 30.6. The molecule has 1 unspecified atom stereocenters. The van der Waals surface area contributed by atoms with E-state index in [0.29, 0.717) is 11.1 Å². The van der Waals surface area contributed by atoms with Crippen molar-refractivity contribution in [1.29, 1.82) is 0 Å². The largest absolute Gasteiger partial charge is 0.342 e. The molecular weight excluding hydrogens is 600 g/mol. The molecule has 0 radical (unpaired) electrons. The van der Waals surface area contributed by atoms with E-state index in [-0.39, 0.29) is 28.2 Å². The second-order valence-corrected chi connectivity index (χ2v) is 15.9. The maximum absolute atomic E-state index is 14.1. The summed E-state index contributed by atoms with van der Waals surface area (Å²) in [4.78, 5) is 42.7. The Morgan fingerprint density at radius 2 is 1.41 bits per heavy atom. The Labute approximate surface area is 276 Å². The minimum absolute atomic E-state index is 0.0750. The van der Waals surface area contributed by atoms with Crippen LogP contribution in [0.5, 0.6) is 0 Å². The molecule has 3 N–H and O–H groups in total. The van der Waals surface area contributed by atoms with Crippen molar-refractivity contribution in [3.63, 3.8) is 0 Å². The number of nitrogens with zero attached hydrogens (tertiary/aromatic N) is 1. The zero-order valence-electron chi connectivity index (χ0n) is 29.8. The fraction of sp³-hybridized carbons (Fsp3) is 0.528. The van der Waals surface area contributed by atoms with Gasteiger partial charge in [-0.3, -0.25) is 14.4 Å². The van der Waals surface area contributed by atoms with Gasteiger partial charge in [-0.05, 0) is 62.8 Å². The second-order valence-electron chi connectivity index (χ2n) is 14.3. The molecular formula is C36H54N4O5S. The smallest absolute Gasteiger partial charge is 0.264 e. The average molecular weight is 655 g/mol. The third-order valence-electron chi connectivity index (χ3n) is 8.55. The molecule has 0 aliphatic rings. The number of rotatable bonds is 12. The Morgan fingerprint density at radius 3 is 1.87 bits per heavy atom. The van der Waals surface area contributed by atoms with E-state index in [0.717, 1.165) is 11.1 Å². The third-order valence-corrected chi connectivity index (χ3v) is 10.2. The molecule has 2 aromatic carbocycles. The Balaban J connectivity index is 2.37. The summed E-state index contributed by atoms with van der Waals surface area (Å²) in [7, 11) is -0.775. The average Bonchev–Trinajstić information content (AvgIpc) is 2.92. The summed E-state index contributed by atoms with van der Waals surface area (Å²) in [6.45, 7) is 20.3. The van der Waals surface area contributed by atoms with Crippen LogP contribution in [0.15, 0.2) is 59.0 Å². The number of hydrogen-bond acceptors (Lipinski definition) is 6. The van der Waals surface area contributed by atoms with E-state index in [1.807, 2.05) is 85.7 Å². The molecule has 0 aromatic heterocycles. The van der Waals surface area contributed by atoms with Gasteiger partial charge >= 0.3 is 0 Å². The molecule has 0 aliphatic heterocycles. The Bertz CT molecular complexity index is 1530. The fourth-order valence-corrected chi connectivity index (χ4v) is 7.48. The lowest BCUT2D eigenvalue weighted by Crippen LogP contribution is -2.61. The van der Waals surface area contributed by atoms with E-state index in [2.05, 4.69) is 15.4 Å². The molecule has 254 valence electrons. The Hall–Kier alpha value is -3.50. The lowest BCUT2D eigenvalue weighted by atomic mass is 9.76. The first-order valence-corrected chi connectivity index (χ1v) is 17.2. The maximum atomic E-state index is 14.1. The van der Waals surface area contributed by atoms with E-state index in [1.54, 1.807) is 46.2 Å². The van der Waals surface area contributed by atoms with Crippen LogP contribution in [-0.4, -0.2) is 63.3 Å². The molecule has 10 heteroatoms. The highest BCUT2D eigenvalue weighted by molar-refractivity contribution is 7.90. The highest BCUT2D eigenvalue weighted by Crippen LogP contribution is 2.29. The van der Waals surface area contributed by atoms with Crippen LogP contribution in [0.4, 0.5) is 0 Å². The maximum Gasteiger partial charge on any atom is 0.264 e. The summed E-state index contributed by atoms with van der Waals surface area (Å²) in [6.07, 6.45) is 1.61. The van der Waals surface area contributed by atoms with Gasteiger partial charge in [0.1, 0.15) is 6.04 Å². The molecule has 3 amide bonds. The van der Waals surface area contributed by atoms with Crippen LogP contribution < -0.4 is 15.4 Å². The predicted molar refractivity (Wildman–Crippen MR) is 185 cm³/mol. The van der Waals surface area contributed by atoms with Gasteiger partial charge in [0, 0.05) is 18.0 Å². The molecule has 0 spiro atoms. The van der Waals surface area contributed by atoms with E-state index in [4.69, 9.17) is 0 Å². The van der Waals surface area contributed by atoms with Crippen LogP contribution in [0.3, 0.4) is 0 Å². The van der Waals surface area contributed by atoms with Crippen LogP contribution in [0, 0.1) is 32.1 Å². The zero-order chi connectivity index (χ0) is 35.4. The van der Waals surface area contributed by atoms with Gasteiger partial charge in [0.05, 0.1) is 17.0 Å². The van der Waals surface area contributed by atoms with Gasteiger partial charge in [0.2, 0.25) is 11.8 Å². The van der Waals surface area contributed by atoms with Crippen molar-refractivity contribution in [2.24, 2.45) is 11.3 Å². The van der Waals surface area contributed by atoms with Gasteiger partial charge in [0.25, 0.3) is 15.9 Å². The molecule has 0 fully saturated rings. The summed E-state index contributed by atoms with van der Waals surface area (Å²) in [5, 5.41) is 6.17. The summed E-state index contributed by atoms with van der Waals surface area (Å²) < 4.78 is 28.7. The van der Waals surface area contributed by atoms with Crippen LogP contribution in [0.25, 0.3) is 0 Å². The molecule has 0 saturated heterocycles. The molecule has 3 atom stereocenters. The summed E-state index contributed by atoms with van der Waals surface area (Å²) in [5.41, 5.74) is 1.93. The highest BCUT2D eigenvalue weighted by atomic mass is 32.2. The standard InChI is InChI=1S/C36H54N4O5S/c1-22(2)28(21-26(6)32(41)39-46(44,45)29-24(4)19-23(3)20-25(29)5)40(13)34(43)31(35(7,8)9)38-33(42)30(37-12)36(10,11)27-17-15-14-16-18-27/h14-22,28,30-31,37H,1-13H3,(H,38,42)(H,39,41)/b26-21+/t28-,30-,31?/m1/s1. The SMILES string of the molecule is CN[C@H](C(=O)NC(C(=O)N(C)[C@H](/C=C(\C)C(=O)NS(=O)(=O)c1c(C)cc(C)cc1C)C(C)C)C(C)(C)C)C(C)(C)c1ccccc1.